The Bertz CT molecular complexity index is 875. The molecule has 0 atom stereocenters. The van der Waals surface area contributed by atoms with E-state index in [-0.39, 0.29) is 34.8 Å². The van der Waals surface area contributed by atoms with Gasteiger partial charge in [0.05, 0.1) is 13.7 Å². The van der Waals surface area contributed by atoms with E-state index >= 15 is 0 Å². The Balaban J connectivity index is 2.46. The average Bonchev–Trinajstić information content (AvgIpc) is 2.61. The van der Waals surface area contributed by atoms with E-state index in [0.29, 0.717) is 5.69 Å². The zero-order valence-corrected chi connectivity index (χ0v) is 16.7. The number of aromatic nitrogens is 1. The molecule has 0 N–H and O–H groups in total. The second-order valence-electron chi connectivity index (χ2n) is 7.00. The number of halogens is 3. The van der Waals surface area contributed by atoms with Crippen molar-refractivity contribution in [2.24, 2.45) is 0 Å². The van der Waals surface area contributed by atoms with Crippen LogP contribution in [0.25, 0.3) is 0 Å². The number of pyridine rings is 1. The lowest BCUT2D eigenvalue weighted by atomic mass is 9.91. The van der Waals surface area contributed by atoms with E-state index in [1.165, 1.54) is 19.4 Å². The largest absolute Gasteiger partial charge is 0.573 e. The molecule has 158 valence electrons. The Morgan fingerprint density at radius 1 is 1.07 bits per heavy atom. The molecule has 1 heterocycles. The summed E-state index contributed by atoms with van der Waals surface area (Å²) in [4.78, 5) is 16.6. The second-order valence-corrected chi connectivity index (χ2v) is 7.00. The second kappa shape index (κ2) is 8.59. The third-order valence-corrected chi connectivity index (χ3v) is 3.72. The summed E-state index contributed by atoms with van der Waals surface area (Å²) in [7, 11) is 1.28. The van der Waals surface area contributed by atoms with Crippen molar-refractivity contribution in [3.63, 3.8) is 0 Å². The molecule has 0 radical (unpaired) electrons. The maximum absolute atomic E-state index is 12.4. The third-order valence-electron chi connectivity index (χ3n) is 3.72. The molecule has 0 aliphatic rings. The van der Waals surface area contributed by atoms with Crippen molar-refractivity contribution in [1.82, 2.24) is 4.98 Å². The van der Waals surface area contributed by atoms with E-state index in [1.807, 2.05) is 20.8 Å². The maximum atomic E-state index is 12.4. The molecule has 1 aromatic heterocycles. The van der Waals surface area contributed by atoms with Crippen LogP contribution < -0.4 is 14.2 Å². The molecule has 0 fully saturated rings. The van der Waals surface area contributed by atoms with Crippen molar-refractivity contribution < 1.29 is 36.9 Å². The average molecular weight is 413 g/mol. The Morgan fingerprint density at radius 3 is 2.31 bits per heavy atom. The van der Waals surface area contributed by atoms with Gasteiger partial charge >= 0.3 is 12.3 Å². The summed E-state index contributed by atoms with van der Waals surface area (Å²) in [5, 5.41) is 0. The molecule has 2 rings (SSSR count). The zero-order chi connectivity index (χ0) is 21.8. The van der Waals surface area contributed by atoms with E-state index < -0.39 is 18.1 Å². The Labute approximate surface area is 166 Å². The van der Waals surface area contributed by atoms with Crippen LogP contribution in [0.15, 0.2) is 30.5 Å². The van der Waals surface area contributed by atoms with Crippen LogP contribution in [0, 0.1) is 0 Å². The van der Waals surface area contributed by atoms with Crippen LogP contribution in [0.1, 0.15) is 43.7 Å². The molecule has 0 amide bonds. The maximum Gasteiger partial charge on any atom is 0.573 e. The number of hydrogen-bond donors (Lipinski definition) is 0. The van der Waals surface area contributed by atoms with Gasteiger partial charge in [0.1, 0.15) is 17.1 Å². The molecule has 29 heavy (non-hydrogen) atoms. The lowest BCUT2D eigenvalue weighted by molar-refractivity contribution is -0.274. The van der Waals surface area contributed by atoms with Crippen LogP contribution >= 0.6 is 0 Å². The molecule has 0 saturated carbocycles. The lowest BCUT2D eigenvalue weighted by Crippen LogP contribution is -2.17. The number of esters is 1. The fraction of sp³-hybridized carbons (Fsp3) is 0.400. The highest BCUT2D eigenvalue weighted by atomic mass is 19.4. The molecule has 0 unspecified atom stereocenters. The molecule has 9 heteroatoms. The highest BCUT2D eigenvalue weighted by molar-refractivity contribution is 5.92. The fourth-order valence-electron chi connectivity index (χ4n) is 2.34. The lowest BCUT2D eigenvalue weighted by Gasteiger charge is -2.20. The van der Waals surface area contributed by atoms with Gasteiger partial charge in [0.2, 0.25) is 0 Å². The first kappa shape index (κ1) is 22.3. The molecule has 6 nitrogen and oxygen atoms in total. The molecular weight excluding hydrogens is 391 g/mol. The van der Waals surface area contributed by atoms with E-state index in [9.17, 15) is 18.0 Å². The summed E-state index contributed by atoms with van der Waals surface area (Å²) in [6.45, 7) is 7.64. The van der Waals surface area contributed by atoms with Crippen LogP contribution in [0.3, 0.4) is 0 Å². The summed E-state index contributed by atoms with van der Waals surface area (Å²) in [6, 6.07) is 4.97. The minimum atomic E-state index is -4.84. The molecule has 0 aliphatic carbocycles. The molecule has 2 aromatic rings. The van der Waals surface area contributed by atoms with Gasteiger partial charge in [-0.1, -0.05) is 20.8 Å². The normalized spacial score (nSPS) is 11.7. The van der Waals surface area contributed by atoms with Gasteiger partial charge < -0.3 is 18.9 Å². The van der Waals surface area contributed by atoms with Gasteiger partial charge in [0, 0.05) is 29.4 Å². The summed E-state index contributed by atoms with van der Waals surface area (Å²) < 4.78 is 57.2. The molecule has 0 spiro atoms. The van der Waals surface area contributed by atoms with Crippen LogP contribution in [-0.2, 0) is 10.2 Å². The van der Waals surface area contributed by atoms with Gasteiger partial charge in [-0.05, 0) is 19.1 Å². The Morgan fingerprint density at radius 2 is 1.76 bits per heavy atom. The van der Waals surface area contributed by atoms with Crippen molar-refractivity contribution in [1.29, 1.82) is 0 Å². The van der Waals surface area contributed by atoms with Crippen molar-refractivity contribution in [2.45, 2.75) is 39.5 Å². The number of hydrogen-bond acceptors (Lipinski definition) is 6. The zero-order valence-electron chi connectivity index (χ0n) is 16.7. The molecule has 0 bridgehead atoms. The number of alkyl halides is 3. The van der Waals surface area contributed by atoms with Gasteiger partial charge in [-0.2, -0.15) is 0 Å². The number of carbonyl (C=O) groups excluding carboxylic acids is 1. The SMILES string of the molecule is CCOC(=O)c1cnc(C(C)(C)C)cc1Oc1ccc(OC(F)(F)F)cc1OC. The van der Waals surface area contributed by atoms with Crippen LogP contribution in [-0.4, -0.2) is 31.0 Å². The minimum absolute atomic E-state index is 0.00400. The number of ether oxygens (including phenoxy) is 4. The Hall–Kier alpha value is -2.97. The summed E-state index contributed by atoms with van der Waals surface area (Å²) >= 11 is 0. The number of benzene rings is 1. The summed E-state index contributed by atoms with van der Waals surface area (Å²) in [6.07, 6.45) is -3.49. The van der Waals surface area contributed by atoms with Crippen molar-refractivity contribution in [3.05, 3.63) is 41.7 Å². The monoisotopic (exact) mass is 413 g/mol. The molecule has 0 aliphatic heterocycles. The van der Waals surface area contributed by atoms with Gasteiger partial charge in [0.25, 0.3) is 0 Å². The van der Waals surface area contributed by atoms with Crippen molar-refractivity contribution in [3.8, 4) is 23.0 Å². The first-order chi connectivity index (χ1) is 13.4. The number of methoxy groups -OCH3 is 1. The quantitative estimate of drug-likeness (QED) is 0.602. The van der Waals surface area contributed by atoms with E-state index in [0.717, 1.165) is 12.1 Å². The predicted octanol–water partition coefficient (Wildman–Crippen LogP) is 5.26. The summed E-state index contributed by atoms with van der Waals surface area (Å²) in [5.74, 6) is -0.857. The fourth-order valence-corrected chi connectivity index (χ4v) is 2.34. The third kappa shape index (κ3) is 6.00. The minimum Gasteiger partial charge on any atom is -0.493 e. The predicted molar refractivity (Wildman–Crippen MR) is 98.6 cm³/mol. The summed E-state index contributed by atoms with van der Waals surface area (Å²) in [5.41, 5.74) is 0.397. The van der Waals surface area contributed by atoms with Crippen LogP contribution in [0.5, 0.6) is 23.0 Å². The van der Waals surface area contributed by atoms with E-state index in [2.05, 4.69) is 9.72 Å². The smallest absolute Gasteiger partial charge is 0.493 e. The van der Waals surface area contributed by atoms with Gasteiger partial charge in [0.15, 0.2) is 11.5 Å². The van der Waals surface area contributed by atoms with Crippen LogP contribution in [0.2, 0.25) is 0 Å². The first-order valence-corrected chi connectivity index (χ1v) is 8.74. The van der Waals surface area contributed by atoms with Gasteiger partial charge in [-0.3, -0.25) is 4.98 Å². The number of nitrogens with zero attached hydrogens (tertiary/aromatic N) is 1. The highest BCUT2D eigenvalue weighted by Gasteiger charge is 2.31. The molecular formula is C20H22F3NO5. The molecule has 1 aromatic carbocycles. The van der Waals surface area contributed by atoms with Gasteiger partial charge in [-0.15, -0.1) is 13.2 Å². The molecule has 0 saturated heterocycles. The van der Waals surface area contributed by atoms with E-state index in [1.54, 1.807) is 13.0 Å². The number of carbonyl (C=O) groups is 1. The van der Waals surface area contributed by atoms with Crippen molar-refractivity contribution >= 4 is 5.97 Å². The first-order valence-electron chi connectivity index (χ1n) is 8.74. The highest BCUT2D eigenvalue weighted by Crippen LogP contribution is 2.38. The number of rotatable bonds is 6. The standard InChI is InChI=1S/C20H22F3NO5/c1-6-27-18(25)13-11-24-17(19(2,3)4)10-15(13)28-14-8-7-12(9-16(14)26-5)29-20(21,22)23/h7-11H,6H2,1-5H3. The Kier molecular flexibility index (Phi) is 6.61. The van der Waals surface area contributed by atoms with Gasteiger partial charge in [-0.25, -0.2) is 4.79 Å². The topological polar surface area (TPSA) is 66.9 Å². The van der Waals surface area contributed by atoms with Crippen molar-refractivity contribution in [2.75, 3.05) is 13.7 Å². The van der Waals surface area contributed by atoms with E-state index in [4.69, 9.17) is 14.2 Å². The van der Waals surface area contributed by atoms with Crippen LogP contribution in [0.4, 0.5) is 13.2 Å².